The maximum Gasteiger partial charge on any atom is 0.255 e. The molecule has 1 saturated heterocycles. The van der Waals surface area contributed by atoms with E-state index in [-0.39, 0.29) is 5.91 Å². The molecule has 0 unspecified atom stereocenters. The Morgan fingerprint density at radius 1 is 1.00 bits per heavy atom. The van der Waals surface area contributed by atoms with Gasteiger partial charge in [0.2, 0.25) is 0 Å². The number of hydrogen-bond acceptors (Lipinski definition) is 4. The smallest absolute Gasteiger partial charge is 0.255 e. The largest absolute Gasteiger partial charge is 0.338 e. The first-order valence-corrected chi connectivity index (χ1v) is 8.68. The molecular weight excluding hydrogens is 300 g/mol. The lowest BCUT2D eigenvalue weighted by Gasteiger charge is -2.40. The van der Waals surface area contributed by atoms with Gasteiger partial charge in [0.05, 0.1) is 18.0 Å². The SMILES string of the molecule is O=C(c1ccnnc1)N1CCC(N2CCc3ccccc3C2)CC1. The fourth-order valence-electron chi connectivity index (χ4n) is 3.86. The molecule has 0 spiro atoms. The van der Waals surface area contributed by atoms with Crippen LogP contribution in [0.2, 0.25) is 0 Å². The van der Waals surface area contributed by atoms with E-state index in [0.717, 1.165) is 45.4 Å². The van der Waals surface area contributed by atoms with Gasteiger partial charge >= 0.3 is 0 Å². The van der Waals surface area contributed by atoms with Crippen LogP contribution in [-0.2, 0) is 13.0 Å². The number of carbonyl (C=O) groups is 1. The second kappa shape index (κ2) is 6.69. The second-order valence-corrected chi connectivity index (χ2v) is 6.64. The van der Waals surface area contributed by atoms with Crippen molar-refractivity contribution in [2.75, 3.05) is 19.6 Å². The van der Waals surface area contributed by atoms with Crippen molar-refractivity contribution in [1.82, 2.24) is 20.0 Å². The van der Waals surface area contributed by atoms with Gasteiger partial charge in [-0.1, -0.05) is 24.3 Å². The molecule has 0 aliphatic carbocycles. The Kier molecular flexibility index (Phi) is 4.26. The Morgan fingerprint density at radius 3 is 2.54 bits per heavy atom. The van der Waals surface area contributed by atoms with Gasteiger partial charge in [0.15, 0.2) is 0 Å². The van der Waals surface area contributed by atoms with Gasteiger partial charge in [-0.05, 0) is 36.5 Å². The molecule has 0 bridgehead atoms. The third kappa shape index (κ3) is 3.04. The number of hydrogen-bond donors (Lipinski definition) is 0. The van der Waals surface area contributed by atoms with E-state index in [1.807, 2.05) is 4.90 Å². The zero-order valence-corrected chi connectivity index (χ0v) is 13.8. The van der Waals surface area contributed by atoms with E-state index >= 15 is 0 Å². The minimum atomic E-state index is 0.0762. The Bertz CT molecular complexity index is 710. The third-order valence-electron chi connectivity index (χ3n) is 5.26. The number of benzene rings is 1. The molecule has 124 valence electrons. The first kappa shape index (κ1) is 15.3. The van der Waals surface area contributed by atoms with Gasteiger partial charge in [-0.25, -0.2) is 0 Å². The zero-order chi connectivity index (χ0) is 16.4. The minimum Gasteiger partial charge on any atom is -0.338 e. The predicted molar refractivity (Wildman–Crippen MR) is 91.5 cm³/mol. The molecule has 24 heavy (non-hydrogen) atoms. The summed E-state index contributed by atoms with van der Waals surface area (Å²) in [5.41, 5.74) is 3.59. The van der Waals surface area contributed by atoms with E-state index in [9.17, 15) is 4.79 Å². The van der Waals surface area contributed by atoms with Crippen molar-refractivity contribution < 1.29 is 4.79 Å². The molecule has 0 radical (unpaired) electrons. The minimum absolute atomic E-state index is 0.0762. The molecule has 0 saturated carbocycles. The van der Waals surface area contributed by atoms with Crippen molar-refractivity contribution in [3.63, 3.8) is 0 Å². The highest BCUT2D eigenvalue weighted by molar-refractivity contribution is 5.93. The zero-order valence-electron chi connectivity index (χ0n) is 13.8. The van der Waals surface area contributed by atoms with Gasteiger partial charge in [0, 0.05) is 32.2 Å². The summed E-state index contributed by atoms with van der Waals surface area (Å²) in [5, 5.41) is 7.54. The van der Waals surface area contributed by atoms with Gasteiger partial charge < -0.3 is 4.90 Å². The Balaban J connectivity index is 1.36. The fraction of sp³-hybridized carbons (Fsp3) is 0.421. The van der Waals surface area contributed by atoms with E-state index in [4.69, 9.17) is 0 Å². The Morgan fingerprint density at radius 2 is 1.79 bits per heavy atom. The van der Waals surface area contributed by atoms with E-state index in [1.54, 1.807) is 18.5 Å². The molecule has 4 rings (SSSR count). The summed E-state index contributed by atoms with van der Waals surface area (Å²) < 4.78 is 0. The van der Waals surface area contributed by atoms with Crippen LogP contribution in [0.5, 0.6) is 0 Å². The highest BCUT2D eigenvalue weighted by Crippen LogP contribution is 2.25. The summed E-state index contributed by atoms with van der Waals surface area (Å²) in [4.78, 5) is 17.0. The number of aromatic nitrogens is 2. The normalized spacial score (nSPS) is 19.1. The quantitative estimate of drug-likeness (QED) is 0.850. The molecule has 5 heteroatoms. The maximum atomic E-state index is 12.5. The standard InChI is InChI=1S/C19H22N4O/c24-19(16-5-9-20-21-13-16)22-11-7-18(8-12-22)23-10-6-15-3-1-2-4-17(15)14-23/h1-5,9,13,18H,6-8,10-12,14H2. The van der Waals surface area contributed by atoms with Crippen molar-refractivity contribution >= 4 is 5.91 Å². The van der Waals surface area contributed by atoms with E-state index < -0.39 is 0 Å². The highest BCUT2D eigenvalue weighted by atomic mass is 16.2. The molecule has 1 aromatic carbocycles. The number of amides is 1. The van der Waals surface area contributed by atoms with Crippen LogP contribution in [0.25, 0.3) is 0 Å². The van der Waals surface area contributed by atoms with Crippen LogP contribution in [-0.4, -0.2) is 51.6 Å². The molecule has 1 fully saturated rings. The highest BCUT2D eigenvalue weighted by Gasteiger charge is 2.29. The van der Waals surface area contributed by atoms with E-state index in [0.29, 0.717) is 11.6 Å². The third-order valence-corrected chi connectivity index (χ3v) is 5.26. The number of piperidine rings is 1. The topological polar surface area (TPSA) is 49.3 Å². The number of nitrogens with zero attached hydrogens (tertiary/aromatic N) is 4. The van der Waals surface area contributed by atoms with E-state index in [1.165, 1.54) is 11.1 Å². The van der Waals surface area contributed by atoms with Crippen LogP contribution >= 0.6 is 0 Å². The molecule has 5 nitrogen and oxygen atoms in total. The van der Waals surface area contributed by atoms with Crippen LogP contribution in [0, 0.1) is 0 Å². The van der Waals surface area contributed by atoms with Gasteiger partial charge in [0.25, 0.3) is 5.91 Å². The van der Waals surface area contributed by atoms with Crippen LogP contribution in [0.4, 0.5) is 0 Å². The number of carbonyl (C=O) groups excluding carboxylic acids is 1. The molecule has 1 aromatic heterocycles. The lowest BCUT2D eigenvalue weighted by atomic mass is 9.95. The molecule has 0 atom stereocenters. The van der Waals surface area contributed by atoms with Crippen LogP contribution in [0.15, 0.2) is 42.7 Å². The van der Waals surface area contributed by atoms with Crippen molar-refractivity contribution in [3.05, 3.63) is 59.4 Å². The Labute approximate surface area is 142 Å². The maximum absolute atomic E-state index is 12.5. The average molecular weight is 322 g/mol. The van der Waals surface area contributed by atoms with Crippen LogP contribution in [0.1, 0.15) is 34.3 Å². The molecular formula is C19H22N4O. The molecule has 2 aliphatic heterocycles. The van der Waals surface area contributed by atoms with E-state index in [2.05, 4.69) is 39.4 Å². The van der Waals surface area contributed by atoms with Gasteiger partial charge in [-0.3, -0.25) is 9.69 Å². The van der Waals surface area contributed by atoms with Crippen molar-refractivity contribution in [3.8, 4) is 0 Å². The lowest BCUT2D eigenvalue weighted by molar-refractivity contribution is 0.0599. The summed E-state index contributed by atoms with van der Waals surface area (Å²) in [6.07, 6.45) is 6.36. The fourth-order valence-corrected chi connectivity index (χ4v) is 3.86. The molecule has 1 amide bonds. The number of rotatable bonds is 2. The summed E-state index contributed by atoms with van der Waals surface area (Å²) in [5.74, 6) is 0.0762. The molecule has 2 aliphatic rings. The van der Waals surface area contributed by atoms with Crippen molar-refractivity contribution in [2.45, 2.75) is 31.8 Å². The Hall–Kier alpha value is -2.27. The van der Waals surface area contributed by atoms with Crippen LogP contribution in [0.3, 0.4) is 0 Å². The lowest BCUT2D eigenvalue weighted by Crippen LogP contribution is -2.48. The monoisotopic (exact) mass is 322 g/mol. The summed E-state index contributed by atoms with van der Waals surface area (Å²) in [7, 11) is 0. The predicted octanol–water partition coefficient (Wildman–Crippen LogP) is 2.14. The summed E-state index contributed by atoms with van der Waals surface area (Å²) in [6.45, 7) is 3.82. The van der Waals surface area contributed by atoms with Gasteiger partial charge in [0.1, 0.15) is 0 Å². The summed E-state index contributed by atoms with van der Waals surface area (Å²) >= 11 is 0. The first-order valence-electron chi connectivity index (χ1n) is 8.68. The van der Waals surface area contributed by atoms with Gasteiger partial charge in [-0.15, -0.1) is 0 Å². The summed E-state index contributed by atoms with van der Waals surface area (Å²) in [6, 6.07) is 11.1. The van der Waals surface area contributed by atoms with Gasteiger partial charge in [-0.2, -0.15) is 10.2 Å². The van der Waals surface area contributed by atoms with Crippen molar-refractivity contribution in [1.29, 1.82) is 0 Å². The average Bonchev–Trinajstić information content (AvgIpc) is 2.68. The van der Waals surface area contributed by atoms with Crippen LogP contribution < -0.4 is 0 Å². The second-order valence-electron chi connectivity index (χ2n) is 6.64. The molecule has 2 aromatic rings. The van der Waals surface area contributed by atoms with Crippen molar-refractivity contribution in [2.24, 2.45) is 0 Å². The number of likely N-dealkylation sites (tertiary alicyclic amines) is 1. The molecule has 0 N–H and O–H groups in total. The first-order chi connectivity index (χ1) is 11.8. The molecule has 3 heterocycles. The number of fused-ring (bicyclic) bond motifs is 1.